The van der Waals surface area contributed by atoms with Gasteiger partial charge in [0.05, 0.1) is 4.21 Å². The maximum absolute atomic E-state index is 5.67. The van der Waals surface area contributed by atoms with Crippen LogP contribution in [0, 0.1) is 0 Å². The van der Waals surface area contributed by atoms with Crippen molar-refractivity contribution in [3.63, 3.8) is 0 Å². The van der Waals surface area contributed by atoms with E-state index in [1.54, 1.807) is 0 Å². The van der Waals surface area contributed by atoms with Crippen molar-refractivity contribution in [2.45, 2.75) is 16.5 Å². The van der Waals surface area contributed by atoms with Crippen LogP contribution in [0.4, 0.5) is 0 Å². The molecule has 0 fully saturated rings. The van der Waals surface area contributed by atoms with Gasteiger partial charge in [-0.15, -0.1) is 35.5 Å². The lowest BCUT2D eigenvalue weighted by molar-refractivity contribution is 0.665. The molecule has 1 aliphatic heterocycles. The molecule has 1 atom stereocenters. The number of thioether (sulfide) groups is 1. The number of halogens is 1. The first-order valence-electron chi connectivity index (χ1n) is 3.82. The predicted octanol–water partition coefficient (Wildman–Crippen LogP) is 2.71. The highest BCUT2D eigenvalue weighted by Gasteiger charge is 2.19. The van der Waals surface area contributed by atoms with E-state index in [4.69, 9.17) is 5.73 Å². The summed E-state index contributed by atoms with van der Waals surface area (Å²) in [6, 6.07) is 2.23. The van der Waals surface area contributed by atoms with Gasteiger partial charge in [0.1, 0.15) is 0 Å². The van der Waals surface area contributed by atoms with Crippen LogP contribution in [-0.2, 0) is 0 Å². The van der Waals surface area contributed by atoms with E-state index >= 15 is 0 Å². The Morgan fingerprint density at radius 2 is 2.42 bits per heavy atom. The van der Waals surface area contributed by atoms with Crippen molar-refractivity contribution in [2.75, 3.05) is 12.3 Å². The second kappa shape index (κ2) is 4.51. The first-order chi connectivity index (χ1) is 5.42. The van der Waals surface area contributed by atoms with Crippen molar-refractivity contribution in [1.82, 2.24) is 0 Å². The van der Waals surface area contributed by atoms with E-state index in [0.717, 1.165) is 6.54 Å². The molecule has 0 bridgehead atoms. The average molecular weight is 222 g/mol. The van der Waals surface area contributed by atoms with E-state index in [1.165, 1.54) is 21.9 Å². The maximum atomic E-state index is 5.67. The van der Waals surface area contributed by atoms with Gasteiger partial charge in [-0.1, -0.05) is 0 Å². The van der Waals surface area contributed by atoms with Crippen molar-refractivity contribution < 1.29 is 0 Å². The maximum Gasteiger partial charge on any atom is 0.0633 e. The monoisotopic (exact) mass is 221 g/mol. The Morgan fingerprint density at radius 3 is 3.17 bits per heavy atom. The van der Waals surface area contributed by atoms with Gasteiger partial charge in [-0.3, -0.25) is 0 Å². The number of hydrogen-bond acceptors (Lipinski definition) is 3. The Morgan fingerprint density at radius 1 is 1.58 bits per heavy atom. The van der Waals surface area contributed by atoms with Crippen LogP contribution in [0.3, 0.4) is 0 Å². The van der Waals surface area contributed by atoms with Crippen LogP contribution in [-0.4, -0.2) is 12.3 Å². The van der Waals surface area contributed by atoms with E-state index in [-0.39, 0.29) is 12.4 Å². The van der Waals surface area contributed by atoms with Crippen molar-refractivity contribution in [2.24, 2.45) is 5.73 Å². The first-order valence-corrected chi connectivity index (χ1v) is 5.68. The average Bonchev–Trinajstić information content (AvgIpc) is 2.50. The second-order valence-corrected chi connectivity index (χ2v) is 5.01. The minimum Gasteiger partial charge on any atom is -0.330 e. The fourth-order valence-corrected chi connectivity index (χ4v) is 3.81. The molecule has 1 nitrogen and oxygen atoms in total. The molecule has 4 heteroatoms. The highest BCUT2D eigenvalue weighted by Crippen LogP contribution is 2.40. The molecular formula is C8H12ClNS2. The topological polar surface area (TPSA) is 26.0 Å². The van der Waals surface area contributed by atoms with Gasteiger partial charge in [-0.25, -0.2) is 0 Å². The summed E-state index contributed by atoms with van der Waals surface area (Å²) in [4.78, 5) is 0. The van der Waals surface area contributed by atoms with Crippen LogP contribution in [0.2, 0.25) is 0 Å². The Bertz CT molecular complexity index is 249. The lowest BCUT2D eigenvalue weighted by atomic mass is 9.99. The smallest absolute Gasteiger partial charge is 0.0633 e. The van der Waals surface area contributed by atoms with Crippen LogP contribution in [0.5, 0.6) is 0 Å². The van der Waals surface area contributed by atoms with Crippen LogP contribution in [0.15, 0.2) is 15.7 Å². The zero-order valence-electron chi connectivity index (χ0n) is 6.66. The van der Waals surface area contributed by atoms with E-state index in [0.29, 0.717) is 5.92 Å². The molecule has 0 saturated carbocycles. The van der Waals surface area contributed by atoms with Gasteiger partial charge in [0.2, 0.25) is 0 Å². The number of nitrogens with two attached hydrogens (primary N) is 1. The Balaban J connectivity index is 0.000000720. The quantitative estimate of drug-likeness (QED) is 0.789. The van der Waals surface area contributed by atoms with Crippen LogP contribution < -0.4 is 5.73 Å². The molecule has 2 heterocycles. The van der Waals surface area contributed by atoms with Gasteiger partial charge >= 0.3 is 0 Å². The highest BCUT2D eigenvalue weighted by molar-refractivity contribution is 8.01. The standard InChI is InChI=1S/C8H11NS2.ClH/c9-5-6-1-3-10-8-7(6)2-4-11-8;/h2,4,6H,1,3,5,9H2;1H. The molecule has 1 aliphatic rings. The third kappa shape index (κ3) is 1.79. The summed E-state index contributed by atoms with van der Waals surface area (Å²) < 4.78 is 1.49. The minimum absolute atomic E-state index is 0. The van der Waals surface area contributed by atoms with E-state index in [1.807, 2.05) is 23.1 Å². The zero-order chi connectivity index (χ0) is 7.68. The van der Waals surface area contributed by atoms with Gasteiger partial charge < -0.3 is 5.73 Å². The van der Waals surface area contributed by atoms with E-state index in [9.17, 15) is 0 Å². The normalized spacial score (nSPS) is 21.2. The van der Waals surface area contributed by atoms with Gasteiger partial charge in [0.15, 0.2) is 0 Å². The molecule has 0 radical (unpaired) electrons. The number of rotatable bonds is 1. The summed E-state index contributed by atoms with van der Waals surface area (Å²) in [7, 11) is 0. The van der Waals surface area contributed by atoms with Gasteiger partial charge in [-0.2, -0.15) is 0 Å². The predicted molar refractivity (Wildman–Crippen MR) is 58.7 cm³/mol. The molecule has 0 aromatic carbocycles. The van der Waals surface area contributed by atoms with Crippen LogP contribution in [0.1, 0.15) is 17.9 Å². The molecule has 1 unspecified atom stereocenters. The SMILES string of the molecule is Cl.NCC1CCSc2sccc21. The van der Waals surface area contributed by atoms with Crippen molar-refractivity contribution in [3.8, 4) is 0 Å². The zero-order valence-corrected chi connectivity index (χ0v) is 9.10. The van der Waals surface area contributed by atoms with Crippen molar-refractivity contribution in [3.05, 3.63) is 17.0 Å². The molecule has 0 aliphatic carbocycles. The lowest BCUT2D eigenvalue weighted by Crippen LogP contribution is -2.15. The van der Waals surface area contributed by atoms with E-state index in [2.05, 4.69) is 11.4 Å². The Hall–Kier alpha value is 0.300. The Labute approximate surface area is 87.1 Å². The summed E-state index contributed by atoms with van der Waals surface area (Å²) in [5.41, 5.74) is 7.17. The minimum atomic E-state index is 0. The van der Waals surface area contributed by atoms with Gasteiger partial charge in [0.25, 0.3) is 0 Å². The molecule has 0 amide bonds. The largest absolute Gasteiger partial charge is 0.330 e. The van der Waals surface area contributed by atoms with E-state index < -0.39 is 0 Å². The molecule has 0 saturated heterocycles. The summed E-state index contributed by atoms with van der Waals surface area (Å²) in [5.74, 6) is 1.88. The van der Waals surface area contributed by atoms with Crippen LogP contribution >= 0.6 is 35.5 Å². The summed E-state index contributed by atoms with van der Waals surface area (Å²) in [6.45, 7) is 0.810. The lowest BCUT2D eigenvalue weighted by Gasteiger charge is -2.19. The fourth-order valence-electron chi connectivity index (χ4n) is 1.42. The number of fused-ring (bicyclic) bond motifs is 1. The molecule has 2 N–H and O–H groups in total. The molecule has 12 heavy (non-hydrogen) atoms. The number of hydrogen-bond donors (Lipinski definition) is 1. The van der Waals surface area contributed by atoms with Crippen LogP contribution in [0.25, 0.3) is 0 Å². The van der Waals surface area contributed by atoms with Gasteiger partial charge in [-0.05, 0) is 41.6 Å². The van der Waals surface area contributed by atoms with Crippen molar-refractivity contribution >= 4 is 35.5 Å². The molecule has 1 aromatic rings. The molecule has 1 aromatic heterocycles. The third-order valence-corrected chi connectivity index (χ3v) is 4.38. The summed E-state index contributed by atoms with van der Waals surface area (Å²) in [6.07, 6.45) is 1.25. The fraction of sp³-hybridized carbons (Fsp3) is 0.500. The molecule has 0 spiro atoms. The molecular weight excluding hydrogens is 210 g/mol. The van der Waals surface area contributed by atoms with Gasteiger partial charge in [0, 0.05) is 0 Å². The molecule has 68 valence electrons. The first kappa shape index (κ1) is 10.4. The third-order valence-electron chi connectivity index (χ3n) is 2.08. The summed E-state index contributed by atoms with van der Waals surface area (Å²) in [5, 5.41) is 2.17. The Kier molecular flexibility index (Phi) is 3.90. The number of thiophene rings is 1. The second-order valence-electron chi connectivity index (χ2n) is 2.73. The highest BCUT2D eigenvalue weighted by atomic mass is 35.5. The van der Waals surface area contributed by atoms with Crippen molar-refractivity contribution in [1.29, 1.82) is 0 Å². The summed E-state index contributed by atoms with van der Waals surface area (Å²) >= 11 is 3.83. The molecule has 2 rings (SSSR count).